The van der Waals surface area contributed by atoms with Crippen LogP contribution >= 0.6 is 0 Å². The summed E-state index contributed by atoms with van der Waals surface area (Å²) in [5.74, 6) is 0.0922. The lowest BCUT2D eigenvalue weighted by Crippen LogP contribution is -2.44. The van der Waals surface area contributed by atoms with Crippen LogP contribution in [0, 0.1) is 5.92 Å². The Balaban J connectivity index is 3.90. The molecule has 0 aliphatic carbocycles. The van der Waals surface area contributed by atoms with E-state index in [4.69, 9.17) is 5.73 Å². The van der Waals surface area contributed by atoms with Crippen LogP contribution in [0.15, 0.2) is 0 Å². The molecule has 0 aromatic rings. The Labute approximate surface area is 98.6 Å². The van der Waals surface area contributed by atoms with Crippen LogP contribution in [0.25, 0.3) is 0 Å². The molecule has 0 heterocycles. The predicted octanol–water partition coefficient (Wildman–Crippen LogP) is 1.03. The smallest absolute Gasteiger partial charge is 0.237 e. The van der Waals surface area contributed by atoms with Gasteiger partial charge in [0.05, 0.1) is 12.1 Å². The number of carbonyl (C=O) groups is 1. The zero-order valence-electron chi connectivity index (χ0n) is 10.7. The standard InChI is InChI=1S/C12H26N2O2/c1-4-7-10(13)12(16)14-8-11(15)9(5-2)6-3/h9-11,15H,4-8,13H2,1-3H3,(H,14,16). The van der Waals surface area contributed by atoms with E-state index in [9.17, 15) is 9.90 Å². The largest absolute Gasteiger partial charge is 0.391 e. The van der Waals surface area contributed by atoms with Crippen LogP contribution in [0.4, 0.5) is 0 Å². The van der Waals surface area contributed by atoms with Gasteiger partial charge < -0.3 is 16.2 Å². The molecule has 1 amide bonds. The van der Waals surface area contributed by atoms with Crippen molar-refractivity contribution in [2.45, 2.75) is 58.6 Å². The molecule has 96 valence electrons. The van der Waals surface area contributed by atoms with E-state index in [-0.39, 0.29) is 11.8 Å². The van der Waals surface area contributed by atoms with E-state index in [2.05, 4.69) is 5.32 Å². The highest BCUT2D eigenvalue weighted by Crippen LogP contribution is 2.12. The first-order valence-corrected chi connectivity index (χ1v) is 6.28. The summed E-state index contributed by atoms with van der Waals surface area (Å²) in [7, 11) is 0. The number of hydrogen-bond acceptors (Lipinski definition) is 3. The molecule has 0 aromatic heterocycles. The Hall–Kier alpha value is -0.610. The van der Waals surface area contributed by atoms with Crippen LogP contribution in [0.5, 0.6) is 0 Å². The van der Waals surface area contributed by atoms with E-state index in [0.717, 1.165) is 19.3 Å². The highest BCUT2D eigenvalue weighted by atomic mass is 16.3. The first kappa shape index (κ1) is 15.4. The number of nitrogens with one attached hydrogen (secondary N) is 1. The predicted molar refractivity (Wildman–Crippen MR) is 66.0 cm³/mol. The van der Waals surface area contributed by atoms with Crippen molar-refractivity contribution in [3.05, 3.63) is 0 Å². The molecular formula is C12H26N2O2. The molecule has 4 N–H and O–H groups in total. The number of amides is 1. The van der Waals surface area contributed by atoms with Crippen molar-refractivity contribution in [1.82, 2.24) is 5.32 Å². The molecule has 2 atom stereocenters. The van der Waals surface area contributed by atoms with Crippen molar-refractivity contribution in [1.29, 1.82) is 0 Å². The molecule has 0 aromatic carbocycles. The average Bonchev–Trinajstić information content (AvgIpc) is 2.27. The molecule has 16 heavy (non-hydrogen) atoms. The Morgan fingerprint density at radius 2 is 1.88 bits per heavy atom. The Morgan fingerprint density at radius 3 is 2.31 bits per heavy atom. The third-order valence-corrected chi connectivity index (χ3v) is 3.01. The minimum absolute atomic E-state index is 0.160. The third-order valence-electron chi connectivity index (χ3n) is 3.01. The fourth-order valence-electron chi connectivity index (χ4n) is 1.78. The quantitative estimate of drug-likeness (QED) is 0.583. The van der Waals surface area contributed by atoms with Crippen molar-refractivity contribution in [3.63, 3.8) is 0 Å². The molecule has 0 saturated heterocycles. The summed E-state index contributed by atoms with van der Waals surface area (Å²) < 4.78 is 0. The Morgan fingerprint density at radius 1 is 1.31 bits per heavy atom. The summed E-state index contributed by atoms with van der Waals surface area (Å²) in [6.45, 7) is 6.39. The lowest BCUT2D eigenvalue weighted by molar-refractivity contribution is -0.123. The number of aliphatic hydroxyl groups is 1. The maximum atomic E-state index is 11.5. The molecule has 4 nitrogen and oxygen atoms in total. The number of aliphatic hydroxyl groups excluding tert-OH is 1. The van der Waals surface area contributed by atoms with Gasteiger partial charge in [0.15, 0.2) is 0 Å². The van der Waals surface area contributed by atoms with Crippen molar-refractivity contribution in [2.75, 3.05) is 6.54 Å². The van der Waals surface area contributed by atoms with Gasteiger partial charge in [-0.1, -0.05) is 40.0 Å². The zero-order valence-corrected chi connectivity index (χ0v) is 10.7. The van der Waals surface area contributed by atoms with E-state index in [1.807, 2.05) is 20.8 Å². The molecule has 0 aliphatic rings. The molecule has 0 aliphatic heterocycles. The van der Waals surface area contributed by atoms with Crippen molar-refractivity contribution < 1.29 is 9.90 Å². The Bertz CT molecular complexity index is 193. The molecular weight excluding hydrogens is 204 g/mol. The maximum absolute atomic E-state index is 11.5. The SMILES string of the molecule is CCCC(N)C(=O)NCC(O)C(CC)CC. The van der Waals surface area contributed by atoms with Gasteiger partial charge in [-0.2, -0.15) is 0 Å². The summed E-state index contributed by atoms with van der Waals surface area (Å²) in [6.07, 6.45) is 2.97. The molecule has 0 spiro atoms. The Kier molecular flexibility index (Phi) is 8.21. The molecule has 0 rings (SSSR count). The second-order valence-corrected chi connectivity index (χ2v) is 4.28. The first-order valence-electron chi connectivity index (χ1n) is 6.28. The zero-order chi connectivity index (χ0) is 12.6. The molecule has 0 saturated carbocycles. The lowest BCUT2D eigenvalue weighted by atomic mass is 9.96. The normalized spacial score (nSPS) is 14.9. The van der Waals surface area contributed by atoms with Crippen LogP contribution in [-0.2, 0) is 4.79 Å². The van der Waals surface area contributed by atoms with Crippen molar-refractivity contribution >= 4 is 5.91 Å². The van der Waals surface area contributed by atoms with Gasteiger partial charge >= 0.3 is 0 Å². The van der Waals surface area contributed by atoms with E-state index >= 15 is 0 Å². The second-order valence-electron chi connectivity index (χ2n) is 4.28. The summed E-state index contributed by atoms with van der Waals surface area (Å²) in [5.41, 5.74) is 5.66. The van der Waals surface area contributed by atoms with Gasteiger partial charge in [0.2, 0.25) is 5.91 Å². The minimum atomic E-state index is -0.465. The number of hydrogen-bond donors (Lipinski definition) is 3. The van der Waals surface area contributed by atoms with Crippen molar-refractivity contribution in [3.8, 4) is 0 Å². The second kappa shape index (κ2) is 8.53. The van der Waals surface area contributed by atoms with E-state index in [1.54, 1.807) is 0 Å². The molecule has 0 bridgehead atoms. The lowest BCUT2D eigenvalue weighted by Gasteiger charge is -2.21. The summed E-state index contributed by atoms with van der Waals surface area (Å²) >= 11 is 0. The van der Waals surface area contributed by atoms with E-state index in [0.29, 0.717) is 13.0 Å². The highest BCUT2D eigenvalue weighted by Gasteiger charge is 2.18. The molecule has 2 unspecified atom stereocenters. The average molecular weight is 230 g/mol. The molecule has 0 radical (unpaired) electrons. The van der Waals surface area contributed by atoms with Crippen LogP contribution in [0.1, 0.15) is 46.5 Å². The van der Waals surface area contributed by atoms with Gasteiger partial charge in [-0.15, -0.1) is 0 Å². The van der Waals surface area contributed by atoms with Gasteiger partial charge in [0.25, 0.3) is 0 Å². The van der Waals surface area contributed by atoms with E-state index in [1.165, 1.54) is 0 Å². The van der Waals surface area contributed by atoms with Gasteiger partial charge in [0, 0.05) is 6.54 Å². The van der Waals surface area contributed by atoms with Crippen LogP contribution < -0.4 is 11.1 Å². The number of rotatable bonds is 8. The van der Waals surface area contributed by atoms with Crippen molar-refractivity contribution in [2.24, 2.45) is 11.7 Å². The first-order chi connectivity index (χ1) is 7.56. The highest BCUT2D eigenvalue weighted by molar-refractivity contribution is 5.81. The van der Waals surface area contributed by atoms with Crippen LogP contribution in [0.2, 0.25) is 0 Å². The maximum Gasteiger partial charge on any atom is 0.237 e. The van der Waals surface area contributed by atoms with Gasteiger partial charge in [-0.25, -0.2) is 0 Å². The van der Waals surface area contributed by atoms with Crippen LogP contribution in [-0.4, -0.2) is 29.7 Å². The van der Waals surface area contributed by atoms with Gasteiger partial charge in [-0.05, 0) is 12.3 Å². The third kappa shape index (κ3) is 5.47. The molecule has 4 heteroatoms. The number of carbonyl (C=O) groups excluding carboxylic acids is 1. The van der Waals surface area contributed by atoms with E-state index < -0.39 is 12.1 Å². The van der Waals surface area contributed by atoms with Crippen LogP contribution in [0.3, 0.4) is 0 Å². The fraction of sp³-hybridized carbons (Fsp3) is 0.917. The fourth-order valence-corrected chi connectivity index (χ4v) is 1.78. The minimum Gasteiger partial charge on any atom is -0.391 e. The topological polar surface area (TPSA) is 75.4 Å². The van der Waals surface area contributed by atoms with Gasteiger partial charge in [0.1, 0.15) is 0 Å². The van der Waals surface area contributed by atoms with Gasteiger partial charge in [-0.3, -0.25) is 4.79 Å². The number of nitrogens with two attached hydrogens (primary N) is 1. The summed E-state index contributed by atoms with van der Waals surface area (Å²) in [4.78, 5) is 11.5. The molecule has 0 fully saturated rings. The monoisotopic (exact) mass is 230 g/mol. The summed E-state index contributed by atoms with van der Waals surface area (Å²) in [6, 6.07) is -0.445. The summed E-state index contributed by atoms with van der Waals surface area (Å²) in [5, 5.41) is 12.5.